The summed E-state index contributed by atoms with van der Waals surface area (Å²) in [5, 5.41) is 2.39. The van der Waals surface area contributed by atoms with E-state index in [4.69, 9.17) is 4.74 Å². The van der Waals surface area contributed by atoms with E-state index < -0.39 is 12.2 Å². The van der Waals surface area contributed by atoms with Crippen LogP contribution in [0.4, 0.5) is 13.2 Å². The van der Waals surface area contributed by atoms with Gasteiger partial charge in [-0.3, -0.25) is 0 Å². The quantitative estimate of drug-likeness (QED) is 0.706. The van der Waals surface area contributed by atoms with Crippen molar-refractivity contribution in [3.63, 3.8) is 0 Å². The third-order valence-corrected chi connectivity index (χ3v) is 1.52. The molecule has 0 aliphatic heterocycles. The molecule has 1 unspecified atom stereocenters. The first-order valence-electron chi connectivity index (χ1n) is 4.40. The van der Waals surface area contributed by atoms with Gasteiger partial charge in [0.25, 0.3) is 0 Å². The van der Waals surface area contributed by atoms with Crippen LogP contribution in [0.1, 0.15) is 20.3 Å². The van der Waals surface area contributed by atoms with Crippen LogP contribution in [-0.2, 0) is 4.74 Å². The maximum absolute atomic E-state index is 12.2. The predicted molar refractivity (Wildman–Crippen MR) is 44.6 cm³/mol. The SMILES string of the molecule is CCCNC(COCC)C(F)(F)F. The van der Waals surface area contributed by atoms with Gasteiger partial charge < -0.3 is 10.1 Å². The third-order valence-electron chi connectivity index (χ3n) is 1.52. The van der Waals surface area contributed by atoms with E-state index in [9.17, 15) is 13.2 Å². The minimum Gasteiger partial charge on any atom is -0.380 e. The molecular formula is C8H16F3NO. The van der Waals surface area contributed by atoms with Crippen LogP contribution in [0.25, 0.3) is 0 Å². The van der Waals surface area contributed by atoms with Gasteiger partial charge in [-0.15, -0.1) is 0 Å². The lowest BCUT2D eigenvalue weighted by Crippen LogP contribution is -2.45. The summed E-state index contributed by atoms with van der Waals surface area (Å²) in [6.45, 7) is 3.85. The smallest absolute Gasteiger partial charge is 0.380 e. The highest BCUT2D eigenvalue weighted by Gasteiger charge is 2.39. The van der Waals surface area contributed by atoms with Gasteiger partial charge in [0, 0.05) is 6.61 Å². The Bertz CT molecular complexity index is 119. The van der Waals surface area contributed by atoms with Crippen molar-refractivity contribution in [1.29, 1.82) is 0 Å². The van der Waals surface area contributed by atoms with Crippen LogP contribution in [0.5, 0.6) is 0 Å². The first kappa shape index (κ1) is 12.7. The molecule has 0 aromatic heterocycles. The molecule has 80 valence electrons. The van der Waals surface area contributed by atoms with Crippen molar-refractivity contribution in [2.45, 2.75) is 32.5 Å². The van der Waals surface area contributed by atoms with E-state index in [2.05, 4.69) is 5.32 Å². The van der Waals surface area contributed by atoms with Gasteiger partial charge in [-0.05, 0) is 19.9 Å². The van der Waals surface area contributed by atoms with Crippen molar-refractivity contribution in [3.8, 4) is 0 Å². The molecule has 0 aliphatic rings. The molecule has 0 saturated carbocycles. The Morgan fingerprint density at radius 2 is 1.92 bits per heavy atom. The highest BCUT2D eigenvalue weighted by atomic mass is 19.4. The highest BCUT2D eigenvalue weighted by Crippen LogP contribution is 2.20. The zero-order valence-corrected chi connectivity index (χ0v) is 7.95. The molecule has 1 N–H and O–H groups in total. The lowest BCUT2D eigenvalue weighted by atomic mass is 10.3. The summed E-state index contributed by atoms with van der Waals surface area (Å²) in [6.07, 6.45) is -3.54. The van der Waals surface area contributed by atoms with Crippen LogP contribution in [0, 0.1) is 0 Å². The fourth-order valence-corrected chi connectivity index (χ4v) is 0.823. The Labute approximate surface area is 76.5 Å². The Balaban J connectivity index is 3.88. The number of ether oxygens (including phenoxy) is 1. The Hall–Kier alpha value is -0.290. The second-order valence-corrected chi connectivity index (χ2v) is 2.71. The minimum absolute atomic E-state index is 0.306. The summed E-state index contributed by atoms with van der Waals surface area (Å²) >= 11 is 0. The van der Waals surface area contributed by atoms with Gasteiger partial charge in [-0.2, -0.15) is 13.2 Å². The molecule has 1 atom stereocenters. The average Bonchev–Trinajstić information content (AvgIpc) is 2.02. The summed E-state index contributed by atoms with van der Waals surface area (Å²) in [6, 6.07) is -1.53. The zero-order valence-electron chi connectivity index (χ0n) is 7.95. The van der Waals surface area contributed by atoms with Crippen molar-refractivity contribution in [1.82, 2.24) is 5.32 Å². The van der Waals surface area contributed by atoms with Gasteiger partial charge >= 0.3 is 6.18 Å². The monoisotopic (exact) mass is 199 g/mol. The van der Waals surface area contributed by atoms with E-state index >= 15 is 0 Å². The molecule has 0 saturated heterocycles. The standard InChI is InChI=1S/C8H16F3NO/c1-3-5-12-7(6-13-4-2)8(9,10)11/h7,12H,3-6H2,1-2H3. The van der Waals surface area contributed by atoms with Crippen molar-refractivity contribution in [3.05, 3.63) is 0 Å². The maximum Gasteiger partial charge on any atom is 0.406 e. The topological polar surface area (TPSA) is 21.3 Å². The average molecular weight is 199 g/mol. The molecule has 0 radical (unpaired) electrons. The van der Waals surface area contributed by atoms with E-state index in [1.54, 1.807) is 6.92 Å². The molecule has 0 fully saturated rings. The van der Waals surface area contributed by atoms with Crippen LogP contribution in [0.3, 0.4) is 0 Å². The molecule has 0 aliphatic carbocycles. The van der Waals surface area contributed by atoms with Gasteiger partial charge in [0.05, 0.1) is 6.61 Å². The fraction of sp³-hybridized carbons (Fsp3) is 1.00. The number of nitrogens with one attached hydrogen (secondary N) is 1. The van der Waals surface area contributed by atoms with Crippen molar-refractivity contribution >= 4 is 0 Å². The molecule has 0 bridgehead atoms. The van der Waals surface area contributed by atoms with E-state index in [1.807, 2.05) is 6.92 Å². The van der Waals surface area contributed by atoms with E-state index in [0.717, 1.165) is 0 Å². The predicted octanol–water partition coefficient (Wildman–Crippen LogP) is 1.95. The van der Waals surface area contributed by atoms with Crippen molar-refractivity contribution in [2.75, 3.05) is 19.8 Å². The lowest BCUT2D eigenvalue weighted by molar-refractivity contribution is -0.167. The van der Waals surface area contributed by atoms with Gasteiger partial charge in [0.1, 0.15) is 6.04 Å². The second-order valence-electron chi connectivity index (χ2n) is 2.71. The molecule has 0 amide bonds. The maximum atomic E-state index is 12.2. The van der Waals surface area contributed by atoms with Gasteiger partial charge in [0.2, 0.25) is 0 Å². The van der Waals surface area contributed by atoms with Crippen molar-refractivity contribution in [2.24, 2.45) is 0 Å². The van der Waals surface area contributed by atoms with E-state index in [1.165, 1.54) is 0 Å². The van der Waals surface area contributed by atoms with E-state index in [0.29, 0.717) is 19.6 Å². The van der Waals surface area contributed by atoms with Crippen LogP contribution in [-0.4, -0.2) is 32.0 Å². The third kappa shape index (κ3) is 5.87. The summed E-state index contributed by atoms with van der Waals surface area (Å²) in [5.41, 5.74) is 0. The molecule has 0 rings (SSSR count). The zero-order chi connectivity index (χ0) is 10.3. The summed E-state index contributed by atoms with van der Waals surface area (Å²) < 4.78 is 41.4. The van der Waals surface area contributed by atoms with Gasteiger partial charge in [-0.25, -0.2) is 0 Å². The Morgan fingerprint density at radius 3 is 2.31 bits per heavy atom. The van der Waals surface area contributed by atoms with Gasteiger partial charge in [0.15, 0.2) is 0 Å². The number of hydrogen-bond acceptors (Lipinski definition) is 2. The second kappa shape index (κ2) is 6.21. The van der Waals surface area contributed by atoms with Crippen LogP contribution < -0.4 is 5.32 Å². The Kier molecular flexibility index (Phi) is 6.07. The number of halogens is 3. The van der Waals surface area contributed by atoms with Crippen molar-refractivity contribution < 1.29 is 17.9 Å². The molecule has 0 heterocycles. The van der Waals surface area contributed by atoms with Gasteiger partial charge in [-0.1, -0.05) is 6.92 Å². The number of alkyl halides is 3. The normalized spacial score (nSPS) is 14.5. The van der Waals surface area contributed by atoms with Crippen LogP contribution in [0.15, 0.2) is 0 Å². The molecule has 2 nitrogen and oxygen atoms in total. The molecule has 0 aromatic carbocycles. The minimum atomic E-state index is -4.22. The lowest BCUT2D eigenvalue weighted by Gasteiger charge is -2.20. The van der Waals surface area contributed by atoms with E-state index in [-0.39, 0.29) is 6.61 Å². The summed E-state index contributed by atoms with van der Waals surface area (Å²) in [4.78, 5) is 0. The van der Waals surface area contributed by atoms with Crippen LogP contribution >= 0.6 is 0 Å². The first-order valence-corrected chi connectivity index (χ1v) is 4.40. The largest absolute Gasteiger partial charge is 0.406 e. The molecular weight excluding hydrogens is 183 g/mol. The molecule has 13 heavy (non-hydrogen) atoms. The summed E-state index contributed by atoms with van der Waals surface area (Å²) in [5.74, 6) is 0. The summed E-state index contributed by atoms with van der Waals surface area (Å²) in [7, 11) is 0. The fourth-order valence-electron chi connectivity index (χ4n) is 0.823. The molecule has 0 aromatic rings. The Morgan fingerprint density at radius 1 is 1.31 bits per heavy atom. The van der Waals surface area contributed by atoms with Crippen LogP contribution in [0.2, 0.25) is 0 Å². The first-order chi connectivity index (χ1) is 6.02. The number of rotatable bonds is 6. The highest BCUT2D eigenvalue weighted by molar-refractivity contribution is 4.74. The molecule has 0 spiro atoms. The number of hydrogen-bond donors (Lipinski definition) is 1. The molecule has 5 heteroatoms.